The van der Waals surface area contributed by atoms with Gasteiger partial charge in [-0.15, -0.1) is 0 Å². The van der Waals surface area contributed by atoms with Gasteiger partial charge in [0.2, 0.25) is 0 Å². The smallest absolute Gasteiger partial charge is 0.113 e. The Bertz CT molecular complexity index is 58.4. The third-order valence-corrected chi connectivity index (χ3v) is 1.07. The van der Waals surface area contributed by atoms with E-state index in [1.165, 1.54) is 0 Å². The molecule has 0 amide bonds. The van der Waals surface area contributed by atoms with Crippen LogP contribution in [0.15, 0.2) is 0 Å². The largest absolute Gasteiger partial charge is 0.253 e. The normalized spacial score (nSPS) is 14.6. The molecule has 0 aliphatic rings. The highest BCUT2D eigenvalue weighted by atomic mass is 32.1. The molecule has 0 N–H and O–H groups in total. The summed E-state index contributed by atoms with van der Waals surface area (Å²) in [6.45, 7) is 2.24. The van der Waals surface area contributed by atoms with E-state index in [1.54, 1.807) is 11.4 Å². The summed E-state index contributed by atoms with van der Waals surface area (Å²) in [5.41, 5.74) is 0. The highest BCUT2D eigenvalue weighted by Crippen LogP contribution is 1.99. The fraction of sp³-hybridized carbons (Fsp3) is 1.00. The van der Waals surface area contributed by atoms with Crippen LogP contribution in [0.2, 0.25) is 0 Å². The van der Waals surface area contributed by atoms with Crippen molar-refractivity contribution in [3.8, 4) is 0 Å². The minimum atomic E-state index is -0.725. The minimum absolute atomic E-state index is 0.416. The molecule has 0 radical (unpaired) electrons. The van der Waals surface area contributed by atoms with Crippen LogP contribution < -0.4 is 0 Å². The Labute approximate surface area is 55.4 Å². The van der Waals surface area contributed by atoms with Gasteiger partial charge in [0.1, 0.15) is 6.17 Å². The van der Waals surface area contributed by atoms with Crippen molar-refractivity contribution >= 4 is 12.8 Å². The highest BCUT2D eigenvalue weighted by molar-refractivity contribution is 7.77. The Kier molecular flexibility index (Phi) is 4.28. The van der Waals surface area contributed by atoms with E-state index in [-0.39, 0.29) is 0 Å². The fourth-order valence-corrected chi connectivity index (χ4v) is 0.593. The number of thiol groups is 1. The molecule has 0 fully saturated rings. The Balaban J connectivity index is 3.10. The zero-order valence-corrected chi connectivity index (χ0v) is 6.16. The predicted octanol–water partition coefficient (Wildman–Crippen LogP) is 1.51. The Hall–Kier alpha value is 0.240. The summed E-state index contributed by atoms with van der Waals surface area (Å²) in [5.74, 6) is 0. The SMILES string of the molecule is CCC(F)CN(C)S. The maximum absolute atomic E-state index is 12.3. The Morgan fingerprint density at radius 3 is 2.38 bits per heavy atom. The molecule has 0 saturated carbocycles. The molecule has 8 heavy (non-hydrogen) atoms. The number of nitrogens with zero attached hydrogens (tertiary/aromatic N) is 1. The van der Waals surface area contributed by atoms with Crippen LogP contribution in [0.25, 0.3) is 0 Å². The maximum Gasteiger partial charge on any atom is 0.113 e. The number of rotatable bonds is 3. The molecular formula is C5H12FNS. The van der Waals surface area contributed by atoms with Crippen LogP contribution in [0, 0.1) is 0 Å². The number of alkyl halides is 1. The second kappa shape index (κ2) is 4.15. The van der Waals surface area contributed by atoms with E-state index in [9.17, 15) is 4.39 Å². The predicted molar refractivity (Wildman–Crippen MR) is 36.8 cm³/mol. The molecule has 1 atom stereocenters. The maximum atomic E-state index is 12.3. The zero-order chi connectivity index (χ0) is 6.57. The van der Waals surface area contributed by atoms with Crippen LogP contribution in [0.1, 0.15) is 13.3 Å². The van der Waals surface area contributed by atoms with E-state index in [0.717, 1.165) is 0 Å². The monoisotopic (exact) mass is 137 g/mol. The first-order valence-corrected chi connectivity index (χ1v) is 3.11. The number of hydrogen-bond acceptors (Lipinski definition) is 2. The minimum Gasteiger partial charge on any atom is -0.253 e. The van der Waals surface area contributed by atoms with Crippen molar-refractivity contribution < 1.29 is 4.39 Å². The molecule has 0 aromatic carbocycles. The van der Waals surface area contributed by atoms with Crippen molar-refractivity contribution in [1.82, 2.24) is 4.31 Å². The summed E-state index contributed by atoms with van der Waals surface area (Å²) in [4.78, 5) is 0. The summed E-state index contributed by atoms with van der Waals surface area (Å²) in [6.07, 6.45) is -0.150. The fourth-order valence-electron chi connectivity index (χ4n) is 0.416. The van der Waals surface area contributed by atoms with E-state index in [1.807, 2.05) is 6.92 Å². The third-order valence-electron chi connectivity index (χ3n) is 0.905. The van der Waals surface area contributed by atoms with Crippen LogP contribution in [0.3, 0.4) is 0 Å². The molecule has 0 spiro atoms. The molecule has 1 nitrogen and oxygen atoms in total. The van der Waals surface area contributed by atoms with Crippen molar-refractivity contribution in [3.05, 3.63) is 0 Å². The van der Waals surface area contributed by atoms with E-state index < -0.39 is 6.17 Å². The number of halogens is 1. The summed E-state index contributed by atoms with van der Waals surface area (Å²) in [5, 5.41) is 0. The van der Waals surface area contributed by atoms with Crippen LogP contribution in [-0.2, 0) is 0 Å². The van der Waals surface area contributed by atoms with Gasteiger partial charge >= 0.3 is 0 Å². The first-order valence-electron chi connectivity index (χ1n) is 2.71. The van der Waals surface area contributed by atoms with Crippen molar-refractivity contribution in [2.45, 2.75) is 19.5 Å². The molecule has 0 saturated heterocycles. The van der Waals surface area contributed by atoms with Gasteiger partial charge < -0.3 is 0 Å². The average molecular weight is 137 g/mol. The lowest BCUT2D eigenvalue weighted by molar-refractivity contribution is 0.283. The van der Waals surface area contributed by atoms with Crippen molar-refractivity contribution in [1.29, 1.82) is 0 Å². The van der Waals surface area contributed by atoms with Crippen LogP contribution in [0.4, 0.5) is 4.39 Å². The van der Waals surface area contributed by atoms with E-state index in [0.29, 0.717) is 13.0 Å². The summed E-state index contributed by atoms with van der Waals surface area (Å²) >= 11 is 3.88. The van der Waals surface area contributed by atoms with E-state index in [4.69, 9.17) is 0 Å². The molecule has 0 bridgehead atoms. The van der Waals surface area contributed by atoms with Gasteiger partial charge in [0.25, 0.3) is 0 Å². The quantitative estimate of drug-likeness (QED) is 0.577. The van der Waals surface area contributed by atoms with Gasteiger partial charge in [0.15, 0.2) is 0 Å². The van der Waals surface area contributed by atoms with Gasteiger partial charge in [0.05, 0.1) is 0 Å². The Morgan fingerprint density at radius 2 is 2.25 bits per heavy atom. The topological polar surface area (TPSA) is 3.24 Å². The molecule has 50 valence electrons. The lowest BCUT2D eigenvalue weighted by Gasteiger charge is -2.09. The summed E-state index contributed by atoms with van der Waals surface area (Å²) in [6, 6.07) is 0. The second-order valence-electron chi connectivity index (χ2n) is 1.85. The average Bonchev–Trinajstić information content (AvgIpc) is 1.65. The molecule has 0 aromatic heterocycles. The first kappa shape index (κ1) is 8.24. The zero-order valence-electron chi connectivity index (χ0n) is 5.26. The standard InChI is InChI=1S/C5H12FNS/c1-3-5(6)4-7(2)8/h5,8H,3-4H2,1-2H3. The van der Waals surface area contributed by atoms with Gasteiger partial charge in [-0.25, -0.2) is 4.39 Å². The Morgan fingerprint density at radius 1 is 1.75 bits per heavy atom. The molecular weight excluding hydrogens is 125 g/mol. The molecule has 0 aliphatic heterocycles. The van der Waals surface area contributed by atoms with Crippen molar-refractivity contribution in [3.63, 3.8) is 0 Å². The highest BCUT2D eigenvalue weighted by Gasteiger charge is 2.02. The second-order valence-corrected chi connectivity index (χ2v) is 2.53. The van der Waals surface area contributed by atoms with Crippen molar-refractivity contribution in [2.24, 2.45) is 0 Å². The van der Waals surface area contributed by atoms with Crippen LogP contribution in [0.5, 0.6) is 0 Å². The van der Waals surface area contributed by atoms with Gasteiger partial charge in [0, 0.05) is 6.54 Å². The number of hydrogen-bond donors (Lipinski definition) is 1. The van der Waals surface area contributed by atoms with E-state index in [2.05, 4.69) is 12.8 Å². The molecule has 3 heteroatoms. The van der Waals surface area contributed by atoms with E-state index >= 15 is 0 Å². The summed E-state index contributed by atoms with van der Waals surface area (Å²) < 4.78 is 13.8. The third kappa shape index (κ3) is 4.40. The van der Waals surface area contributed by atoms with Crippen LogP contribution >= 0.6 is 12.8 Å². The van der Waals surface area contributed by atoms with Gasteiger partial charge in [-0.1, -0.05) is 19.7 Å². The van der Waals surface area contributed by atoms with Gasteiger partial charge in [-0.3, -0.25) is 4.31 Å². The van der Waals surface area contributed by atoms with Gasteiger partial charge in [-0.05, 0) is 13.5 Å². The lowest BCUT2D eigenvalue weighted by Crippen LogP contribution is -2.17. The molecule has 0 aromatic rings. The van der Waals surface area contributed by atoms with Gasteiger partial charge in [-0.2, -0.15) is 0 Å². The van der Waals surface area contributed by atoms with Crippen LogP contribution in [-0.4, -0.2) is 24.1 Å². The molecule has 0 heterocycles. The lowest BCUT2D eigenvalue weighted by atomic mass is 10.3. The molecule has 0 aliphatic carbocycles. The summed E-state index contributed by atoms with van der Waals surface area (Å²) in [7, 11) is 1.74. The van der Waals surface area contributed by atoms with Crippen molar-refractivity contribution in [2.75, 3.05) is 13.6 Å². The first-order chi connectivity index (χ1) is 3.66. The molecule has 0 rings (SSSR count). The molecule has 1 unspecified atom stereocenters.